The summed E-state index contributed by atoms with van der Waals surface area (Å²) in [5.41, 5.74) is 5.68. The molecule has 1 amide bonds. The zero-order valence-corrected chi connectivity index (χ0v) is 11.3. The van der Waals surface area contributed by atoms with Crippen LogP contribution in [0.15, 0.2) is 0 Å². The Labute approximate surface area is 112 Å². The second-order valence-electron chi connectivity index (χ2n) is 5.30. The molecule has 0 aliphatic heterocycles. The summed E-state index contributed by atoms with van der Waals surface area (Å²) in [5.74, 6) is -1.88. The Kier molecular flexibility index (Phi) is 6.10. The van der Waals surface area contributed by atoms with E-state index in [2.05, 4.69) is 5.32 Å². The minimum Gasteiger partial charge on any atom is -0.351 e. The summed E-state index contributed by atoms with van der Waals surface area (Å²) in [7, 11) is 0. The lowest BCUT2D eigenvalue weighted by Gasteiger charge is -2.34. The van der Waals surface area contributed by atoms with Crippen molar-refractivity contribution >= 4 is 5.91 Å². The van der Waals surface area contributed by atoms with Gasteiger partial charge in [-0.3, -0.25) is 4.79 Å². The topological polar surface area (TPSA) is 55.1 Å². The fraction of sp³-hybridized carbons (Fsp3) is 0.923. The fourth-order valence-corrected chi connectivity index (χ4v) is 2.54. The van der Waals surface area contributed by atoms with Crippen LogP contribution in [0.4, 0.5) is 13.2 Å². The van der Waals surface area contributed by atoms with Gasteiger partial charge in [0.15, 0.2) is 0 Å². The number of alkyl halides is 3. The highest BCUT2D eigenvalue weighted by atomic mass is 19.4. The molecule has 1 aliphatic carbocycles. The van der Waals surface area contributed by atoms with E-state index in [9.17, 15) is 18.0 Å². The van der Waals surface area contributed by atoms with Gasteiger partial charge in [0.1, 0.15) is 0 Å². The van der Waals surface area contributed by atoms with Crippen molar-refractivity contribution in [3.05, 3.63) is 0 Å². The standard InChI is InChI=1S/C13H23F3N2O/c1-2-3-7-10(17)12(19)18-11-8-5-4-6-9(11)13(14,15)16/h9-11H,2-8,17H2,1H3,(H,18,19). The van der Waals surface area contributed by atoms with Gasteiger partial charge in [-0.15, -0.1) is 0 Å². The first-order valence-electron chi connectivity index (χ1n) is 6.99. The molecule has 0 aromatic rings. The Balaban J connectivity index is 2.55. The average molecular weight is 280 g/mol. The van der Waals surface area contributed by atoms with Crippen molar-refractivity contribution in [2.75, 3.05) is 0 Å². The van der Waals surface area contributed by atoms with Crippen LogP contribution in [0.3, 0.4) is 0 Å². The number of amides is 1. The van der Waals surface area contributed by atoms with E-state index < -0.39 is 30.1 Å². The fourth-order valence-electron chi connectivity index (χ4n) is 2.54. The molecule has 0 radical (unpaired) electrons. The highest BCUT2D eigenvalue weighted by Gasteiger charge is 2.46. The molecule has 112 valence electrons. The molecule has 1 aliphatic rings. The number of nitrogens with two attached hydrogens (primary N) is 1. The van der Waals surface area contributed by atoms with Crippen LogP contribution in [0.1, 0.15) is 51.9 Å². The van der Waals surface area contributed by atoms with Gasteiger partial charge in [-0.05, 0) is 19.3 Å². The molecule has 3 nitrogen and oxygen atoms in total. The monoisotopic (exact) mass is 280 g/mol. The molecule has 3 N–H and O–H groups in total. The van der Waals surface area contributed by atoms with Crippen molar-refractivity contribution in [3.63, 3.8) is 0 Å². The van der Waals surface area contributed by atoms with Crippen LogP contribution in [0.25, 0.3) is 0 Å². The molecule has 0 bridgehead atoms. The summed E-state index contributed by atoms with van der Waals surface area (Å²) in [5, 5.41) is 2.50. The molecular weight excluding hydrogens is 257 g/mol. The maximum atomic E-state index is 12.9. The van der Waals surface area contributed by atoms with Crippen molar-refractivity contribution in [1.29, 1.82) is 0 Å². The van der Waals surface area contributed by atoms with Crippen molar-refractivity contribution in [2.45, 2.75) is 70.1 Å². The van der Waals surface area contributed by atoms with E-state index in [1.165, 1.54) is 0 Å². The van der Waals surface area contributed by atoms with Crippen LogP contribution in [-0.4, -0.2) is 24.2 Å². The van der Waals surface area contributed by atoms with Crippen molar-refractivity contribution < 1.29 is 18.0 Å². The van der Waals surface area contributed by atoms with Gasteiger partial charge in [0.05, 0.1) is 12.0 Å². The summed E-state index contributed by atoms with van der Waals surface area (Å²) in [6, 6.07) is -1.51. The smallest absolute Gasteiger partial charge is 0.351 e. The Hall–Kier alpha value is -0.780. The van der Waals surface area contributed by atoms with E-state index in [1.807, 2.05) is 6.92 Å². The minimum atomic E-state index is -4.24. The number of halogens is 3. The number of carbonyl (C=O) groups is 1. The largest absolute Gasteiger partial charge is 0.393 e. The number of hydrogen-bond donors (Lipinski definition) is 2. The van der Waals surface area contributed by atoms with Crippen LogP contribution in [0, 0.1) is 5.92 Å². The normalized spacial score (nSPS) is 25.9. The van der Waals surface area contributed by atoms with Gasteiger partial charge < -0.3 is 11.1 Å². The first kappa shape index (κ1) is 16.3. The third-order valence-electron chi connectivity index (χ3n) is 3.72. The summed E-state index contributed by atoms with van der Waals surface area (Å²) >= 11 is 0. The SMILES string of the molecule is CCCCC(N)C(=O)NC1CCCCC1C(F)(F)F. The molecule has 1 saturated carbocycles. The zero-order chi connectivity index (χ0) is 14.5. The first-order valence-corrected chi connectivity index (χ1v) is 6.99. The third kappa shape index (κ3) is 5.01. The Morgan fingerprint density at radius 1 is 1.37 bits per heavy atom. The van der Waals surface area contributed by atoms with Crippen molar-refractivity contribution in [2.24, 2.45) is 11.7 Å². The van der Waals surface area contributed by atoms with Gasteiger partial charge in [0.25, 0.3) is 0 Å². The van der Waals surface area contributed by atoms with Crippen LogP contribution in [0.2, 0.25) is 0 Å². The first-order chi connectivity index (χ1) is 8.86. The van der Waals surface area contributed by atoms with Crippen LogP contribution < -0.4 is 11.1 Å². The molecular formula is C13H23F3N2O. The third-order valence-corrected chi connectivity index (χ3v) is 3.72. The lowest BCUT2D eigenvalue weighted by Crippen LogP contribution is -2.52. The Bertz CT molecular complexity index is 294. The molecule has 0 saturated heterocycles. The van der Waals surface area contributed by atoms with Crippen molar-refractivity contribution in [3.8, 4) is 0 Å². The molecule has 6 heteroatoms. The van der Waals surface area contributed by atoms with Crippen molar-refractivity contribution in [1.82, 2.24) is 5.32 Å². The van der Waals surface area contributed by atoms with Gasteiger partial charge in [-0.1, -0.05) is 32.6 Å². The number of carbonyl (C=O) groups excluding carboxylic acids is 1. The highest BCUT2D eigenvalue weighted by molar-refractivity contribution is 5.81. The molecule has 19 heavy (non-hydrogen) atoms. The molecule has 1 rings (SSSR count). The van der Waals surface area contributed by atoms with Gasteiger partial charge >= 0.3 is 6.18 Å². The molecule has 3 unspecified atom stereocenters. The molecule has 3 atom stereocenters. The quantitative estimate of drug-likeness (QED) is 0.813. The van der Waals surface area contributed by atoms with E-state index >= 15 is 0 Å². The lowest BCUT2D eigenvalue weighted by atomic mass is 9.84. The number of hydrogen-bond acceptors (Lipinski definition) is 2. The predicted octanol–water partition coefficient (Wildman–Crippen LogP) is 2.74. The Morgan fingerprint density at radius 2 is 2.00 bits per heavy atom. The summed E-state index contributed by atoms with van der Waals surface area (Å²) < 4.78 is 38.6. The highest BCUT2D eigenvalue weighted by Crippen LogP contribution is 2.37. The molecule has 0 spiro atoms. The van der Waals surface area contributed by atoms with E-state index in [-0.39, 0.29) is 6.42 Å². The number of nitrogens with one attached hydrogen (secondary N) is 1. The van der Waals surface area contributed by atoms with Crippen LogP contribution in [-0.2, 0) is 4.79 Å². The average Bonchev–Trinajstić information content (AvgIpc) is 2.35. The van der Waals surface area contributed by atoms with Gasteiger partial charge in [-0.2, -0.15) is 13.2 Å². The molecule has 0 aromatic heterocycles. The van der Waals surface area contributed by atoms with Crippen LogP contribution >= 0.6 is 0 Å². The van der Waals surface area contributed by atoms with E-state index in [4.69, 9.17) is 5.73 Å². The maximum Gasteiger partial charge on any atom is 0.393 e. The van der Waals surface area contributed by atoms with Gasteiger partial charge in [0, 0.05) is 6.04 Å². The second kappa shape index (κ2) is 7.12. The molecule has 1 fully saturated rings. The minimum absolute atomic E-state index is 0.0959. The molecule has 0 heterocycles. The predicted molar refractivity (Wildman–Crippen MR) is 67.4 cm³/mol. The van der Waals surface area contributed by atoms with Crippen LogP contribution in [0.5, 0.6) is 0 Å². The Morgan fingerprint density at radius 3 is 2.58 bits per heavy atom. The lowest BCUT2D eigenvalue weighted by molar-refractivity contribution is -0.189. The summed E-state index contributed by atoms with van der Waals surface area (Å²) in [6.45, 7) is 1.98. The zero-order valence-electron chi connectivity index (χ0n) is 11.3. The maximum absolute atomic E-state index is 12.9. The van der Waals surface area contributed by atoms with E-state index in [0.717, 1.165) is 19.3 Å². The van der Waals surface area contributed by atoms with E-state index in [0.29, 0.717) is 19.3 Å². The number of rotatable bonds is 5. The molecule has 0 aromatic carbocycles. The number of unbranched alkanes of at least 4 members (excludes halogenated alkanes) is 1. The van der Waals surface area contributed by atoms with Gasteiger partial charge in [0.2, 0.25) is 5.91 Å². The summed E-state index contributed by atoms with van der Waals surface area (Å²) in [6.07, 6.45) is -0.232. The summed E-state index contributed by atoms with van der Waals surface area (Å²) in [4.78, 5) is 11.8. The second-order valence-corrected chi connectivity index (χ2v) is 5.30. The van der Waals surface area contributed by atoms with E-state index in [1.54, 1.807) is 0 Å². The van der Waals surface area contributed by atoms with Gasteiger partial charge in [-0.25, -0.2) is 0 Å².